The summed E-state index contributed by atoms with van der Waals surface area (Å²) in [5.74, 6) is 0.691. The lowest BCUT2D eigenvalue weighted by atomic mass is 9.84. The molecule has 0 heterocycles. The molecule has 0 atom stereocenters. The Bertz CT molecular complexity index is 1950. The molecule has 7 aromatic rings. The van der Waals surface area contributed by atoms with Gasteiger partial charge < -0.3 is 4.90 Å². The zero-order valence-corrected chi connectivity index (χ0v) is 27.9. The summed E-state index contributed by atoms with van der Waals surface area (Å²) in [6, 6.07) is 66.3. The van der Waals surface area contributed by atoms with Crippen molar-refractivity contribution in [1.82, 2.24) is 0 Å². The van der Waals surface area contributed by atoms with Crippen molar-refractivity contribution in [2.24, 2.45) is 0 Å². The van der Waals surface area contributed by atoms with E-state index in [1.165, 1.54) is 87.9 Å². The largest absolute Gasteiger partial charge is 0.311 e. The highest BCUT2D eigenvalue weighted by Gasteiger charge is 2.18. The first-order valence-corrected chi connectivity index (χ1v) is 17.7. The van der Waals surface area contributed by atoms with E-state index in [0.717, 1.165) is 11.4 Å². The summed E-state index contributed by atoms with van der Waals surface area (Å²) in [5.41, 5.74) is 14.8. The van der Waals surface area contributed by atoms with Gasteiger partial charge in [-0.1, -0.05) is 165 Å². The van der Waals surface area contributed by atoms with Crippen molar-refractivity contribution in [3.63, 3.8) is 0 Å². The monoisotopic (exact) mass is 631 g/mol. The summed E-state index contributed by atoms with van der Waals surface area (Å²) >= 11 is 0. The van der Waals surface area contributed by atoms with Crippen LogP contribution in [-0.4, -0.2) is 0 Å². The Labute approximate surface area is 291 Å². The Balaban J connectivity index is 1.09. The molecule has 0 spiro atoms. The molecule has 0 radical (unpaired) electrons. The van der Waals surface area contributed by atoms with E-state index in [4.69, 9.17) is 0 Å². The molecule has 0 aliphatic heterocycles. The second-order valence-electron chi connectivity index (χ2n) is 13.2. The van der Waals surface area contributed by atoms with Crippen LogP contribution in [0.1, 0.15) is 43.6 Å². The normalized spacial score (nSPS) is 13.2. The summed E-state index contributed by atoms with van der Waals surface area (Å²) < 4.78 is 0. The van der Waals surface area contributed by atoms with E-state index >= 15 is 0 Å². The van der Waals surface area contributed by atoms with Crippen LogP contribution in [0, 0.1) is 0 Å². The van der Waals surface area contributed by atoms with Gasteiger partial charge in [-0.25, -0.2) is 0 Å². The van der Waals surface area contributed by atoms with Crippen molar-refractivity contribution in [1.29, 1.82) is 0 Å². The van der Waals surface area contributed by atoms with Crippen molar-refractivity contribution >= 4 is 17.1 Å². The molecule has 0 aromatic heterocycles. The number of hydrogen-bond acceptors (Lipinski definition) is 1. The molecule has 8 rings (SSSR count). The van der Waals surface area contributed by atoms with Gasteiger partial charge in [-0.05, 0) is 105 Å². The minimum Gasteiger partial charge on any atom is -0.311 e. The highest BCUT2D eigenvalue weighted by Crippen LogP contribution is 2.39. The third kappa shape index (κ3) is 6.84. The van der Waals surface area contributed by atoms with Gasteiger partial charge in [0.05, 0.1) is 0 Å². The Kier molecular flexibility index (Phi) is 8.90. The fraction of sp³-hybridized carbons (Fsp3) is 0.125. The second-order valence-corrected chi connectivity index (χ2v) is 13.2. The number of rotatable bonds is 8. The first-order chi connectivity index (χ1) is 24.3. The Morgan fingerprint density at radius 3 is 0.918 bits per heavy atom. The third-order valence-electron chi connectivity index (χ3n) is 10.1. The number of hydrogen-bond donors (Lipinski definition) is 0. The molecule has 238 valence electrons. The summed E-state index contributed by atoms with van der Waals surface area (Å²) in [5, 5.41) is 0. The van der Waals surface area contributed by atoms with Gasteiger partial charge in [0.1, 0.15) is 0 Å². The maximum absolute atomic E-state index is 2.38. The van der Waals surface area contributed by atoms with Gasteiger partial charge >= 0.3 is 0 Å². The van der Waals surface area contributed by atoms with Gasteiger partial charge in [-0.3, -0.25) is 0 Å². The van der Waals surface area contributed by atoms with Crippen LogP contribution in [0.4, 0.5) is 17.1 Å². The van der Waals surface area contributed by atoms with E-state index in [9.17, 15) is 0 Å². The third-order valence-corrected chi connectivity index (χ3v) is 10.1. The molecular weight excluding hydrogens is 591 g/mol. The SMILES string of the molecule is c1ccc(-c2ccc(-c3ccc(N(c4ccc(-c5ccc(-c6ccccc6)cc5)cc4)c4ccc(C5CCCCC5)cc4)cc3)cc2)cc1. The minimum absolute atomic E-state index is 0.691. The topological polar surface area (TPSA) is 3.24 Å². The molecule has 0 amide bonds. The van der Waals surface area contributed by atoms with Crippen LogP contribution < -0.4 is 4.90 Å². The van der Waals surface area contributed by atoms with Gasteiger partial charge in [-0.2, -0.15) is 0 Å². The van der Waals surface area contributed by atoms with Crippen molar-refractivity contribution in [2.45, 2.75) is 38.0 Å². The average Bonchev–Trinajstić information content (AvgIpc) is 3.20. The van der Waals surface area contributed by atoms with E-state index < -0.39 is 0 Å². The van der Waals surface area contributed by atoms with E-state index in [-0.39, 0.29) is 0 Å². The number of nitrogens with zero attached hydrogens (tertiary/aromatic N) is 1. The number of benzene rings is 7. The van der Waals surface area contributed by atoms with Crippen LogP contribution in [0.5, 0.6) is 0 Å². The zero-order valence-electron chi connectivity index (χ0n) is 27.9. The fourth-order valence-electron chi connectivity index (χ4n) is 7.36. The van der Waals surface area contributed by atoms with Crippen LogP contribution >= 0.6 is 0 Å². The van der Waals surface area contributed by atoms with Crippen molar-refractivity contribution in [2.75, 3.05) is 4.90 Å². The van der Waals surface area contributed by atoms with Crippen molar-refractivity contribution < 1.29 is 0 Å². The van der Waals surface area contributed by atoms with Crippen LogP contribution in [0.15, 0.2) is 182 Å². The predicted molar refractivity (Wildman–Crippen MR) is 209 cm³/mol. The van der Waals surface area contributed by atoms with Crippen molar-refractivity contribution in [3.05, 3.63) is 188 Å². The second kappa shape index (κ2) is 14.2. The van der Waals surface area contributed by atoms with Crippen LogP contribution in [0.25, 0.3) is 44.5 Å². The molecule has 1 aliphatic carbocycles. The first kappa shape index (κ1) is 30.7. The molecule has 0 saturated heterocycles. The summed E-state index contributed by atoms with van der Waals surface area (Å²) in [4.78, 5) is 2.38. The molecule has 1 aliphatic rings. The average molecular weight is 632 g/mol. The molecular formula is C48H41N. The summed E-state index contributed by atoms with van der Waals surface area (Å²) in [6.07, 6.45) is 6.69. The van der Waals surface area contributed by atoms with Crippen LogP contribution in [0.3, 0.4) is 0 Å². The molecule has 0 unspecified atom stereocenters. The lowest BCUT2D eigenvalue weighted by molar-refractivity contribution is 0.443. The summed E-state index contributed by atoms with van der Waals surface area (Å²) in [6.45, 7) is 0. The van der Waals surface area contributed by atoms with Crippen LogP contribution in [0.2, 0.25) is 0 Å². The highest BCUT2D eigenvalue weighted by atomic mass is 15.1. The van der Waals surface area contributed by atoms with Gasteiger partial charge in [0, 0.05) is 17.1 Å². The molecule has 0 bridgehead atoms. The molecule has 1 fully saturated rings. The molecule has 7 aromatic carbocycles. The number of anilines is 3. The van der Waals surface area contributed by atoms with Gasteiger partial charge in [0.15, 0.2) is 0 Å². The van der Waals surface area contributed by atoms with Crippen molar-refractivity contribution in [3.8, 4) is 44.5 Å². The predicted octanol–water partition coefficient (Wildman–Crippen LogP) is 13.9. The Morgan fingerprint density at radius 2 is 0.571 bits per heavy atom. The lowest BCUT2D eigenvalue weighted by Gasteiger charge is -2.27. The van der Waals surface area contributed by atoms with Crippen LogP contribution in [-0.2, 0) is 0 Å². The van der Waals surface area contributed by atoms with Gasteiger partial charge in [0.25, 0.3) is 0 Å². The lowest BCUT2D eigenvalue weighted by Crippen LogP contribution is -2.10. The minimum atomic E-state index is 0.691. The fourth-order valence-corrected chi connectivity index (χ4v) is 7.36. The highest BCUT2D eigenvalue weighted by molar-refractivity contribution is 5.80. The maximum Gasteiger partial charge on any atom is 0.0462 e. The Morgan fingerprint density at radius 1 is 0.286 bits per heavy atom. The van der Waals surface area contributed by atoms with E-state index in [2.05, 4.69) is 187 Å². The standard InChI is InChI=1S/C48H41N/c1-4-10-36(11-5-1)39-16-20-41(21-17-39)44-26-32-47(33-27-44)49(46-30-24-43(25-31-46)38-14-8-3-9-15-38)48-34-28-45(29-35-48)42-22-18-40(19-23-42)37-12-6-2-7-13-37/h1-2,4-7,10-13,16-35,38H,3,8-9,14-15H2. The zero-order chi connectivity index (χ0) is 32.8. The van der Waals surface area contributed by atoms with E-state index in [1.807, 2.05) is 0 Å². The first-order valence-electron chi connectivity index (χ1n) is 17.7. The van der Waals surface area contributed by atoms with E-state index in [1.54, 1.807) is 0 Å². The molecule has 1 nitrogen and oxygen atoms in total. The molecule has 1 heteroatoms. The smallest absolute Gasteiger partial charge is 0.0462 e. The molecule has 49 heavy (non-hydrogen) atoms. The Hall–Kier alpha value is -5.66. The maximum atomic E-state index is 2.38. The molecule has 1 saturated carbocycles. The summed E-state index contributed by atoms with van der Waals surface area (Å²) in [7, 11) is 0. The van der Waals surface area contributed by atoms with E-state index in [0.29, 0.717) is 5.92 Å². The van der Waals surface area contributed by atoms with Gasteiger partial charge in [-0.15, -0.1) is 0 Å². The quantitative estimate of drug-likeness (QED) is 0.161. The molecule has 0 N–H and O–H groups in total. The van der Waals surface area contributed by atoms with Gasteiger partial charge in [0.2, 0.25) is 0 Å².